The fraction of sp³-hybridized carbons (Fsp3) is 0.269. The van der Waals surface area contributed by atoms with E-state index in [0.717, 1.165) is 30.0 Å². The molecule has 168 valence electrons. The van der Waals surface area contributed by atoms with Crippen LogP contribution in [0.2, 0.25) is 0 Å². The highest BCUT2D eigenvalue weighted by Crippen LogP contribution is 2.38. The quantitative estimate of drug-likeness (QED) is 0.552. The third-order valence-electron chi connectivity index (χ3n) is 5.64. The summed E-state index contributed by atoms with van der Waals surface area (Å²) in [5.41, 5.74) is 2.74. The van der Waals surface area contributed by atoms with E-state index in [2.05, 4.69) is 21.3 Å². The van der Waals surface area contributed by atoms with Crippen LogP contribution in [-0.2, 0) is 0 Å². The smallest absolute Gasteiger partial charge is 0.417 e. The molecule has 2 heterocycles. The first kappa shape index (κ1) is 22.2. The van der Waals surface area contributed by atoms with Gasteiger partial charge in [-0.2, -0.15) is 5.26 Å². The molecule has 1 N–H and O–H groups in total. The van der Waals surface area contributed by atoms with Gasteiger partial charge in [0.2, 0.25) is 0 Å². The third kappa shape index (κ3) is 5.42. The first-order valence-corrected chi connectivity index (χ1v) is 11.1. The molecule has 1 aromatic heterocycles. The van der Waals surface area contributed by atoms with Crippen LogP contribution in [0.1, 0.15) is 31.2 Å². The van der Waals surface area contributed by atoms with Gasteiger partial charge in [0.15, 0.2) is 11.5 Å². The molecule has 0 unspecified atom stereocenters. The number of para-hydroxylation sites is 1. The Hall–Kier alpha value is -4.05. The van der Waals surface area contributed by atoms with Crippen LogP contribution >= 0.6 is 0 Å². The van der Waals surface area contributed by atoms with Gasteiger partial charge >= 0.3 is 6.09 Å². The number of ether oxygens (including phenoxy) is 2. The highest BCUT2D eigenvalue weighted by Gasteiger charge is 2.16. The van der Waals surface area contributed by atoms with Crippen molar-refractivity contribution in [2.45, 2.75) is 25.7 Å². The number of amides is 1. The molecule has 1 aliphatic heterocycles. The number of rotatable bonds is 5. The number of benzene rings is 2. The zero-order valence-electron chi connectivity index (χ0n) is 18.6. The van der Waals surface area contributed by atoms with E-state index >= 15 is 0 Å². The number of aromatic nitrogens is 1. The zero-order valence-corrected chi connectivity index (χ0v) is 18.6. The average molecular weight is 443 g/mol. The summed E-state index contributed by atoms with van der Waals surface area (Å²) in [6.45, 7) is 2.02. The second-order valence-corrected chi connectivity index (χ2v) is 7.85. The monoisotopic (exact) mass is 442 g/mol. The van der Waals surface area contributed by atoms with Crippen LogP contribution in [0.4, 0.5) is 16.3 Å². The number of anilines is 2. The number of nitrogens with zero attached hydrogens (tertiary/aromatic N) is 3. The summed E-state index contributed by atoms with van der Waals surface area (Å²) in [6, 6.07) is 18.3. The summed E-state index contributed by atoms with van der Waals surface area (Å²) in [7, 11) is 1.53. The SMILES string of the molecule is COc1c(OC(=O)Nc2ccc(N3CCCCCC3)nc2)cccc1-c1ccc(C#N)cc1. The largest absolute Gasteiger partial charge is 0.492 e. The average Bonchev–Trinajstić information content (AvgIpc) is 3.14. The van der Waals surface area contributed by atoms with Crippen molar-refractivity contribution in [3.05, 3.63) is 66.4 Å². The molecule has 1 aliphatic rings. The number of methoxy groups -OCH3 is 1. The maximum Gasteiger partial charge on any atom is 0.417 e. The molecular weight excluding hydrogens is 416 g/mol. The summed E-state index contributed by atoms with van der Waals surface area (Å²) < 4.78 is 11.1. The molecule has 4 rings (SSSR count). The fourth-order valence-corrected chi connectivity index (χ4v) is 3.95. The number of carbonyl (C=O) groups is 1. The van der Waals surface area contributed by atoms with Crippen LogP contribution in [0.5, 0.6) is 11.5 Å². The summed E-state index contributed by atoms with van der Waals surface area (Å²) in [6.07, 6.45) is 5.89. The molecule has 0 spiro atoms. The highest BCUT2D eigenvalue weighted by molar-refractivity contribution is 5.87. The van der Waals surface area contributed by atoms with Crippen molar-refractivity contribution in [1.29, 1.82) is 5.26 Å². The lowest BCUT2D eigenvalue weighted by Gasteiger charge is -2.21. The Morgan fingerprint density at radius 3 is 2.42 bits per heavy atom. The summed E-state index contributed by atoms with van der Waals surface area (Å²) in [4.78, 5) is 19.4. The Bertz CT molecular complexity index is 1130. The minimum absolute atomic E-state index is 0.297. The molecule has 7 nitrogen and oxygen atoms in total. The lowest BCUT2D eigenvalue weighted by molar-refractivity contribution is 0.213. The van der Waals surface area contributed by atoms with Crippen molar-refractivity contribution in [2.75, 3.05) is 30.4 Å². The van der Waals surface area contributed by atoms with E-state index < -0.39 is 6.09 Å². The van der Waals surface area contributed by atoms with E-state index in [1.165, 1.54) is 32.8 Å². The van der Waals surface area contributed by atoms with E-state index in [1.54, 1.807) is 30.5 Å². The molecule has 1 fully saturated rings. The molecule has 2 aromatic carbocycles. The molecular formula is C26H26N4O3. The van der Waals surface area contributed by atoms with Crippen LogP contribution in [0, 0.1) is 11.3 Å². The van der Waals surface area contributed by atoms with Gasteiger partial charge < -0.3 is 14.4 Å². The van der Waals surface area contributed by atoms with Crippen LogP contribution in [0.15, 0.2) is 60.8 Å². The topological polar surface area (TPSA) is 87.5 Å². The maximum absolute atomic E-state index is 12.6. The summed E-state index contributed by atoms with van der Waals surface area (Å²) in [5.74, 6) is 1.66. The molecule has 0 saturated carbocycles. The number of nitriles is 1. The number of nitrogens with one attached hydrogen (secondary N) is 1. The molecule has 3 aromatic rings. The molecule has 1 amide bonds. The van der Waals surface area contributed by atoms with Gasteiger partial charge in [-0.15, -0.1) is 0 Å². The van der Waals surface area contributed by atoms with Gasteiger partial charge in [0.05, 0.1) is 30.6 Å². The lowest BCUT2D eigenvalue weighted by Crippen LogP contribution is -2.25. The second kappa shape index (κ2) is 10.5. The van der Waals surface area contributed by atoms with Gasteiger partial charge in [-0.3, -0.25) is 5.32 Å². The zero-order chi connectivity index (χ0) is 23.0. The minimum Gasteiger partial charge on any atom is -0.492 e. The van der Waals surface area contributed by atoms with Crippen molar-refractivity contribution in [3.63, 3.8) is 0 Å². The van der Waals surface area contributed by atoms with Crippen molar-refractivity contribution in [2.24, 2.45) is 0 Å². The second-order valence-electron chi connectivity index (χ2n) is 7.85. The predicted octanol–water partition coefficient (Wildman–Crippen LogP) is 5.62. The summed E-state index contributed by atoms with van der Waals surface area (Å²) in [5, 5.41) is 11.7. The molecule has 1 saturated heterocycles. The minimum atomic E-state index is -0.630. The molecule has 0 atom stereocenters. The highest BCUT2D eigenvalue weighted by atomic mass is 16.6. The van der Waals surface area contributed by atoms with Crippen LogP contribution < -0.4 is 19.7 Å². The van der Waals surface area contributed by atoms with Crippen LogP contribution in [0.25, 0.3) is 11.1 Å². The molecule has 33 heavy (non-hydrogen) atoms. The Morgan fingerprint density at radius 2 is 1.79 bits per heavy atom. The van der Waals surface area contributed by atoms with E-state index in [4.69, 9.17) is 14.7 Å². The Balaban J connectivity index is 1.45. The number of pyridine rings is 1. The van der Waals surface area contributed by atoms with Gasteiger partial charge in [-0.05, 0) is 48.7 Å². The Morgan fingerprint density at radius 1 is 1.03 bits per heavy atom. The van der Waals surface area contributed by atoms with E-state index in [-0.39, 0.29) is 0 Å². The number of hydrogen-bond acceptors (Lipinski definition) is 6. The first-order valence-electron chi connectivity index (χ1n) is 11.1. The number of carbonyl (C=O) groups excluding carboxylic acids is 1. The Labute approximate surface area is 193 Å². The molecule has 0 bridgehead atoms. The maximum atomic E-state index is 12.6. The van der Waals surface area contributed by atoms with Crippen molar-refractivity contribution in [1.82, 2.24) is 4.98 Å². The Kier molecular flexibility index (Phi) is 7.06. The number of hydrogen-bond donors (Lipinski definition) is 1. The van der Waals surface area contributed by atoms with E-state index in [9.17, 15) is 4.79 Å². The van der Waals surface area contributed by atoms with Gasteiger partial charge in [0, 0.05) is 18.7 Å². The van der Waals surface area contributed by atoms with Crippen molar-refractivity contribution >= 4 is 17.6 Å². The lowest BCUT2D eigenvalue weighted by atomic mass is 10.0. The third-order valence-corrected chi connectivity index (χ3v) is 5.64. The van der Waals surface area contributed by atoms with Gasteiger partial charge in [-0.1, -0.05) is 37.1 Å². The van der Waals surface area contributed by atoms with E-state index in [0.29, 0.717) is 22.7 Å². The summed E-state index contributed by atoms with van der Waals surface area (Å²) >= 11 is 0. The molecule has 0 radical (unpaired) electrons. The predicted molar refractivity (Wildman–Crippen MR) is 128 cm³/mol. The first-order chi connectivity index (χ1) is 16.2. The van der Waals surface area contributed by atoms with Crippen LogP contribution in [-0.4, -0.2) is 31.3 Å². The van der Waals surface area contributed by atoms with Gasteiger partial charge in [0.1, 0.15) is 5.82 Å². The fourth-order valence-electron chi connectivity index (χ4n) is 3.95. The van der Waals surface area contributed by atoms with Crippen LogP contribution in [0.3, 0.4) is 0 Å². The molecule has 7 heteroatoms. The van der Waals surface area contributed by atoms with E-state index in [1.807, 2.05) is 30.3 Å². The van der Waals surface area contributed by atoms with Crippen molar-refractivity contribution < 1.29 is 14.3 Å². The van der Waals surface area contributed by atoms with Gasteiger partial charge in [0.25, 0.3) is 0 Å². The van der Waals surface area contributed by atoms with Gasteiger partial charge in [-0.25, -0.2) is 9.78 Å². The standard InChI is InChI=1S/C26H26N4O3/c1-32-25-22(20-11-9-19(17-27)10-12-20)7-6-8-23(25)33-26(31)29-21-13-14-24(28-18-21)30-15-4-2-3-5-16-30/h6-14,18H,2-5,15-16H2,1H3,(H,29,31). The van der Waals surface area contributed by atoms with Crippen molar-refractivity contribution in [3.8, 4) is 28.7 Å². The molecule has 0 aliphatic carbocycles. The normalized spacial score (nSPS) is 13.5.